The maximum absolute atomic E-state index is 6.09. The number of fused-ring (bicyclic) bond motifs is 1. The molecule has 1 aromatic rings. The minimum Gasteiger partial charge on any atom is -0.372 e. The van der Waals surface area contributed by atoms with E-state index in [1.54, 1.807) is 0 Å². The number of rotatable bonds is 1. The van der Waals surface area contributed by atoms with Gasteiger partial charge in [-0.15, -0.1) is 0 Å². The van der Waals surface area contributed by atoms with Crippen LogP contribution in [0.3, 0.4) is 0 Å². The first-order valence-corrected chi connectivity index (χ1v) is 5.21. The average Bonchev–Trinajstić information content (AvgIpc) is 2.23. The van der Waals surface area contributed by atoms with Crippen molar-refractivity contribution >= 4 is 0 Å². The molecule has 2 heteroatoms. The van der Waals surface area contributed by atoms with E-state index in [1.807, 2.05) is 6.92 Å². The summed E-state index contributed by atoms with van der Waals surface area (Å²) in [5.74, 6) is 0. The zero-order valence-corrected chi connectivity index (χ0v) is 8.79. The Hall–Kier alpha value is -0.860. The van der Waals surface area contributed by atoms with Crippen LogP contribution in [0.4, 0.5) is 0 Å². The minimum absolute atomic E-state index is 0.0326. The van der Waals surface area contributed by atoms with Crippen molar-refractivity contribution in [3.05, 3.63) is 34.9 Å². The van der Waals surface area contributed by atoms with E-state index < -0.39 is 0 Å². The molecular formula is C12H17NO. The Morgan fingerprint density at radius 2 is 2.29 bits per heavy atom. The van der Waals surface area contributed by atoms with Crippen molar-refractivity contribution in [2.24, 2.45) is 5.73 Å². The Morgan fingerprint density at radius 3 is 3.00 bits per heavy atom. The Kier molecular flexibility index (Phi) is 2.57. The van der Waals surface area contributed by atoms with Gasteiger partial charge in [0.05, 0.1) is 18.8 Å². The molecule has 14 heavy (non-hydrogen) atoms. The number of nitrogens with two attached hydrogens (primary N) is 1. The summed E-state index contributed by atoms with van der Waals surface area (Å²) in [6.07, 6.45) is 1.20. The van der Waals surface area contributed by atoms with Crippen molar-refractivity contribution in [1.29, 1.82) is 0 Å². The van der Waals surface area contributed by atoms with Crippen LogP contribution < -0.4 is 5.73 Å². The molecule has 0 fully saturated rings. The fraction of sp³-hybridized carbons (Fsp3) is 0.500. The van der Waals surface area contributed by atoms with Gasteiger partial charge in [-0.1, -0.05) is 25.1 Å². The minimum atomic E-state index is 0.0326. The molecule has 0 aromatic heterocycles. The van der Waals surface area contributed by atoms with Crippen molar-refractivity contribution in [3.63, 3.8) is 0 Å². The predicted molar refractivity (Wildman–Crippen MR) is 57.0 cm³/mol. The average molecular weight is 191 g/mol. The third kappa shape index (κ3) is 1.56. The predicted octanol–water partition coefficient (Wildman–Crippen LogP) is 2.17. The second kappa shape index (κ2) is 3.71. The molecule has 0 radical (unpaired) electrons. The van der Waals surface area contributed by atoms with Gasteiger partial charge in [-0.3, -0.25) is 0 Å². The fourth-order valence-corrected chi connectivity index (χ4v) is 1.88. The molecule has 0 bridgehead atoms. The third-order valence-electron chi connectivity index (χ3n) is 2.99. The number of hydrogen-bond donors (Lipinski definition) is 1. The number of hydrogen-bond acceptors (Lipinski definition) is 2. The van der Waals surface area contributed by atoms with E-state index in [1.165, 1.54) is 16.7 Å². The molecule has 0 saturated heterocycles. The summed E-state index contributed by atoms with van der Waals surface area (Å²) in [7, 11) is 0. The van der Waals surface area contributed by atoms with Crippen LogP contribution in [0.5, 0.6) is 0 Å². The summed E-state index contributed by atoms with van der Waals surface area (Å²) in [4.78, 5) is 0. The Morgan fingerprint density at radius 1 is 1.50 bits per heavy atom. The molecule has 1 aliphatic heterocycles. The number of ether oxygens (including phenoxy) is 1. The van der Waals surface area contributed by atoms with E-state index >= 15 is 0 Å². The summed E-state index contributed by atoms with van der Waals surface area (Å²) in [5.41, 5.74) is 9.95. The molecule has 2 nitrogen and oxygen atoms in total. The van der Waals surface area contributed by atoms with Gasteiger partial charge in [0.25, 0.3) is 0 Å². The number of benzene rings is 1. The van der Waals surface area contributed by atoms with E-state index in [4.69, 9.17) is 10.5 Å². The van der Waals surface area contributed by atoms with Gasteiger partial charge in [-0.2, -0.15) is 0 Å². The van der Waals surface area contributed by atoms with Crippen molar-refractivity contribution in [1.82, 2.24) is 0 Å². The maximum atomic E-state index is 6.09. The molecule has 1 aliphatic rings. The molecule has 2 rings (SSSR count). The lowest BCUT2D eigenvalue weighted by Gasteiger charge is -2.29. The summed E-state index contributed by atoms with van der Waals surface area (Å²) in [6.45, 7) is 4.90. The standard InChI is InChI=1S/C12H17NO/c1-3-9-4-5-10-7-14-8(2)12(13)11(10)6-9/h4-6,8,12H,3,7,13H2,1-2H3/t8-,12+/m1/s1. The lowest BCUT2D eigenvalue weighted by atomic mass is 9.93. The van der Waals surface area contributed by atoms with Crippen LogP contribution in [0.25, 0.3) is 0 Å². The topological polar surface area (TPSA) is 35.2 Å². The monoisotopic (exact) mass is 191 g/mol. The second-order valence-electron chi connectivity index (χ2n) is 3.93. The van der Waals surface area contributed by atoms with E-state index in [-0.39, 0.29) is 12.1 Å². The highest BCUT2D eigenvalue weighted by Crippen LogP contribution is 2.28. The molecule has 0 amide bonds. The highest BCUT2D eigenvalue weighted by Gasteiger charge is 2.23. The summed E-state index contributed by atoms with van der Waals surface area (Å²) >= 11 is 0. The maximum Gasteiger partial charge on any atom is 0.0744 e. The van der Waals surface area contributed by atoms with Gasteiger partial charge in [0.15, 0.2) is 0 Å². The Labute approximate surface area is 85.1 Å². The molecule has 0 unspecified atom stereocenters. The van der Waals surface area contributed by atoms with Gasteiger partial charge in [-0.05, 0) is 30.0 Å². The quantitative estimate of drug-likeness (QED) is 0.738. The van der Waals surface area contributed by atoms with Crippen LogP contribution in [-0.2, 0) is 17.8 Å². The van der Waals surface area contributed by atoms with Gasteiger partial charge in [0.2, 0.25) is 0 Å². The molecule has 76 valence electrons. The van der Waals surface area contributed by atoms with Crippen LogP contribution in [0.1, 0.15) is 36.6 Å². The van der Waals surface area contributed by atoms with Crippen molar-refractivity contribution in [2.45, 2.75) is 39.0 Å². The first-order valence-electron chi connectivity index (χ1n) is 5.21. The third-order valence-corrected chi connectivity index (χ3v) is 2.99. The van der Waals surface area contributed by atoms with Gasteiger partial charge >= 0.3 is 0 Å². The molecule has 2 N–H and O–H groups in total. The van der Waals surface area contributed by atoms with Crippen molar-refractivity contribution in [3.8, 4) is 0 Å². The first kappa shape index (κ1) is 9.69. The molecule has 1 aromatic carbocycles. The number of aryl methyl sites for hydroxylation is 1. The van der Waals surface area contributed by atoms with Gasteiger partial charge in [-0.25, -0.2) is 0 Å². The normalized spacial score (nSPS) is 25.9. The van der Waals surface area contributed by atoms with Gasteiger partial charge in [0, 0.05) is 0 Å². The van der Waals surface area contributed by atoms with Crippen LogP contribution >= 0.6 is 0 Å². The lowest BCUT2D eigenvalue weighted by molar-refractivity contribution is 0.0213. The molecule has 1 heterocycles. The smallest absolute Gasteiger partial charge is 0.0744 e. The highest BCUT2D eigenvalue weighted by atomic mass is 16.5. The zero-order valence-electron chi connectivity index (χ0n) is 8.79. The van der Waals surface area contributed by atoms with E-state index in [0.29, 0.717) is 6.61 Å². The highest BCUT2D eigenvalue weighted by molar-refractivity contribution is 5.35. The summed E-state index contributed by atoms with van der Waals surface area (Å²) < 4.78 is 5.57. The molecule has 2 atom stereocenters. The fourth-order valence-electron chi connectivity index (χ4n) is 1.88. The SMILES string of the molecule is CCc1ccc2c(c1)[C@@H](N)[C@@H](C)OC2. The van der Waals surface area contributed by atoms with E-state index in [9.17, 15) is 0 Å². The summed E-state index contributed by atoms with van der Waals surface area (Å²) in [6, 6.07) is 6.55. The van der Waals surface area contributed by atoms with Crippen molar-refractivity contribution < 1.29 is 4.74 Å². The molecular weight excluding hydrogens is 174 g/mol. The van der Waals surface area contributed by atoms with Gasteiger partial charge in [0.1, 0.15) is 0 Å². The Balaban J connectivity index is 2.41. The summed E-state index contributed by atoms with van der Waals surface area (Å²) in [5, 5.41) is 0. The van der Waals surface area contributed by atoms with Crippen molar-refractivity contribution in [2.75, 3.05) is 0 Å². The van der Waals surface area contributed by atoms with Crippen LogP contribution in [0.2, 0.25) is 0 Å². The second-order valence-corrected chi connectivity index (χ2v) is 3.93. The van der Waals surface area contributed by atoms with E-state index in [0.717, 1.165) is 6.42 Å². The van der Waals surface area contributed by atoms with Crippen LogP contribution in [-0.4, -0.2) is 6.10 Å². The van der Waals surface area contributed by atoms with Gasteiger partial charge < -0.3 is 10.5 Å². The zero-order chi connectivity index (χ0) is 10.1. The molecule has 0 saturated carbocycles. The Bertz CT molecular complexity index is 335. The molecule has 0 spiro atoms. The van der Waals surface area contributed by atoms with E-state index in [2.05, 4.69) is 25.1 Å². The lowest BCUT2D eigenvalue weighted by Crippen LogP contribution is -2.31. The largest absolute Gasteiger partial charge is 0.372 e. The van der Waals surface area contributed by atoms with Crippen LogP contribution in [0.15, 0.2) is 18.2 Å². The van der Waals surface area contributed by atoms with Crippen LogP contribution in [0, 0.1) is 0 Å². The first-order chi connectivity index (χ1) is 6.72. The molecule has 0 aliphatic carbocycles.